The molecule has 21 heavy (non-hydrogen) atoms. The van der Waals surface area contributed by atoms with Crippen LogP contribution in [0.4, 0.5) is 5.82 Å². The van der Waals surface area contributed by atoms with E-state index in [0.717, 1.165) is 59.9 Å². The van der Waals surface area contributed by atoms with Crippen LogP contribution in [0.3, 0.4) is 0 Å². The van der Waals surface area contributed by atoms with Crippen LogP contribution in [0.15, 0.2) is 28.7 Å². The van der Waals surface area contributed by atoms with E-state index in [-0.39, 0.29) is 0 Å². The molecule has 0 spiro atoms. The lowest BCUT2D eigenvalue weighted by atomic mass is 10.2. The zero-order chi connectivity index (χ0) is 14.7. The Morgan fingerprint density at radius 2 is 2.10 bits per heavy atom. The van der Waals surface area contributed by atoms with E-state index in [4.69, 9.17) is 9.15 Å². The van der Waals surface area contributed by atoms with Crippen LogP contribution in [-0.2, 0) is 4.74 Å². The standard InChI is InChI=1S/C16H19N3O2/c1-3-20-10-6-9-17-16-15-14(18-11(2)19-16)12-7-4-5-8-13(12)21-15/h4-5,7-8H,3,6,9-10H2,1-2H3,(H,17,18,19). The van der Waals surface area contributed by atoms with E-state index in [1.165, 1.54) is 0 Å². The molecule has 1 N–H and O–H groups in total. The van der Waals surface area contributed by atoms with Gasteiger partial charge in [-0.15, -0.1) is 0 Å². The summed E-state index contributed by atoms with van der Waals surface area (Å²) in [5.41, 5.74) is 2.42. The van der Waals surface area contributed by atoms with Crippen LogP contribution in [0.25, 0.3) is 22.1 Å². The average molecular weight is 285 g/mol. The monoisotopic (exact) mass is 285 g/mol. The van der Waals surface area contributed by atoms with Crippen molar-refractivity contribution in [1.82, 2.24) is 9.97 Å². The first-order valence-electron chi connectivity index (χ1n) is 7.27. The number of anilines is 1. The van der Waals surface area contributed by atoms with Gasteiger partial charge >= 0.3 is 0 Å². The minimum Gasteiger partial charge on any atom is -0.450 e. The normalized spacial score (nSPS) is 11.3. The van der Waals surface area contributed by atoms with Crippen molar-refractivity contribution in [2.75, 3.05) is 25.1 Å². The first-order valence-corrected chi connectivity index (χ1v) is 7.27. The van der Waals surface area contributed by atoms with Crippen molar-refractivity contribution < 1.29 is 9.15 Å². The van der Waals surface area contributed by atoms with Crippen LogP contribution in [0.5, 0.6) is 0 Å². The molecule has 5 nitrogen and oxygen atoms in total. The second-order valence-corrected chi connectivity index (χ2v) is 4.87. The lowest BCUT2D eigenvalue weighted by molar-refractivity contribution is 0.147. The Kier molecular flexibility index (Phi) is 4.01. The SMILES string of the molecule is CCOCCCNc1nc(C)nc2c1oc1ccccc12. The molecule has 0 amide bonds. The topological polar surface area (TPSA) is 60.2 Å². The van der Waals surface area contributed by atoms with E-state index in [1.807, 2.05) is 38.1 Å². The molecule has 0 atom stereocenters. The molecule has 0 unspecified atom stereocenters. The van der Waals surface area contributed by atoms with Crippen LogP contribution in [0, 0.1) is 6.92 Å². The van der Waals surface area contributed by atoms with E-state index < -0.39 is 0 Å². The summed E-state index contributed by atoms with van der Waals surface area (Å²) in [4.78, 5) is 8.97. The van der Waals surface area contributed by atoms with Crippen molar-refractivity contribution in [3.8, 4) is 0 Å². The molecular weight excluding hydrogens is 266 g/mol. The number of nitrogens with one attached hydrogen (secondary N) is 1. The van der Waals surface area contributed by atoms with Crippen molar-refractivity contribution in [1.29, 1.82) is 0 Å². The summed E-state index contributed by atoms with van der Waals surface area (Å²) in [7, 11) is 0. The minimum atomic E-state index is 0.721. The maximum atomic E-state index is 5.90. The molecule has 0 saturated carbocycles. The second-order valence-electron chi connectivity index (χ2n) is 4.87. The van der Waals surface area contributed by atoms with Crippen LogP contribution in [-0.4, -0.2) is 29.7 Å². The zero-order valence-electron chi connectivity index (χ0n) is 12.3. The highest BCUT2D eigenvalue weighted by molar-refractivity contribution is 6.05. The summed E-state index contributed by atoms with van der Waals surface area (Å²) in [5, 5.41) is 4.35. The third kappa shape index (κ3) is 2.83. The van der Waals surface area contributed by atoms with Crippen molar-refractivity contribution in [3.63, 3.8) is 0 Å². The van der Waals surface area contributed by atoms with Gasteiger partial charge in [0.25, 0.3) is 0 Å². The highest BCUT2D eigenvalue weighted by atomic mass is 16.5. The number of furan rings is 1. The van der Waals surface area contributed by atoms with Crippen molar-refractivity contribution in [2.45, 2.75) is 20.3 Å². The van der Waals surface area contributed by atoms with Gasteiger partial charge in [-0.25, -0.2) is 9.97 Å². The summed E-state index contributed by atoms with van der Waals surface area (Å²) in [6.07, 6.45) is 0.929. The molecule has 0 aliphatic carbocycles. The largest absolute Gasteiger partial charge is 0.450 e. The van der Waals surface area contributed by atoms with Crippen molar-refractivity contribution in [3.05, 3.63) is 30.1 Å². The quantitative estimate of drug-likeness (QED) is 0.702. The van der Waals surface area contributed by atoms with Gasteiger partial charge < -0.3 is 14.5 Å². The fourth-order valence-corrected chi connectivity index (χ4v) is 2.35. The summed E-state index contributed by atoms with van der Waals surface area (Å²) in [5.74, 6) is 1.49. The molecule has 0 saturated heterocycles. The number of ether oxygens (including phenoxy) is 1. The summed E-state index contributed by atoms with van der Waals surface area (Å²) >= 11 is 0. The molecule has 2 heterocycles. The number of fused-ring (bicyclic) bond motifs is 3. The number of aryl methyl sites for hydroxylation is 1. The number of para-hydroxylation sites is 1. The van der Waals surface area contributed by atoms with Crippen molar-refractivity contribution >= 4 is 27.9 Å². The lowest BCUT2D eigenvalue weighted by Gasteiger charge is -2.06. The second kappa shape index (κ2) is 6.10. The van der Waals surface area contributed by atoms with Crippen LogP contribution in [0.2, 0.25) is 0 Å². The zero-order valence-corrected chi connectivity index (χ0v) is 12.3. The molecule has 0 aliphatic rings. The van der Waals surface area contributed by atoms with Gasteiger partial charge in [-0.2, -0.15) is 0 Å². The molecule has 2 aromatic heterocycles. The first-order chi connectivity index (χ1) is 10.3. The molecule has 5 heteroatoms. The van der Waals surface area contributed by atoms with E-state index in [2.05, 4.69) is 15.3 Å². The summed E-state index contributed by atoms with van der Waals surface area (Å²) in [6, 6.07) is 7.92. The number of nitrogens with zero attached hydrogens (tertiary/aromatic N) is 2. The van der Waals surface area contributed by atoms with Crippen LogP contribution in [0.1, 0.15) is 19.2 Å². The minimum absolute atomic E-state index is 0.721. The maximum absolute atomic E-state index is 5.90. The molecule has 110 valence electrons. The Morgan fingerprint density at radius 3 is 2.95 bits per heavy atom. The Labute approximate surface area is 123 Å². The number of aromatic nitrogens is 2. The predicted molar refractivity (Wildman–Crippen MR) is 83.6 cm³/mol. The smallest absolute Gasteiger partial charge is 0.196 e. The molecule has 0 fully saturated rings. The molecular formula is C16H19N3O2. The van der Waals surface area contributed by atoms with Gasteiger partial charge in [-0.05, 0) is 32.4 Å². The molecule has 3 aromatic rings. The van der Waals surface area contributed by atoms with E-state index in [0.29, 0.717) is 0 Å². The van der Waals surface area contributed by atoms with Gasteiger partial charge in [0.05, 0.1) is 0 Å². The van der Waals surface area contributed by atoms with Gasteiger partial charge in [0.15, 0.2) is 11.4 Å². The molecule has 0 bridgehead atoms. The Balaban J connectivity index is 1.90. The molecule has 0 aliphatic heterocycles. The molecule has 0 radical (unpaired) electrons. The fourth-order valence-electron chi connectivity index (χ4n) is 2.35. The third-order valence-electron chi connectivity index (χ3n) is 3.29. The highest BCUT2D eigenvalue weighted by Crippen LogP contribution is 2.30. The summed E-state index contributed by atoms with van der Waals surface area (Å²) in [6.45, 7) is 6.19. The average Bonchev–Trinajstić information content (AvgIpc) is 2.86. The van der Waals surface area contributed by atoms with E-state index in [1.54, 1.807) is 0 Å². The first kappa shape index (κ1) is 13.8. The van der Waals surface area contributed by atoms with Gasteiger partial charge in [-0.1, -0.05) is 12.1 Å². The van der Waals surface area contributed by atoms with Gasteiger partial charge in [0, 0.05) is 25.1 Å². The van der Waals surface area contributed by atoms with Crippen molar-refractivity contribution in [2.24, 2.45) is 0 Å². The lowest BCUT2D eigenvalue weighted by Crippen LogP contribution is -2.08. The summed E-state index contributed by atoms with van der Waals surface area (Å²) < 4.78 is 11.2. The molecule has 3 rings (SSSR count). The van der Waals surface area contributed by atoms with Gasteiger partial charge in [-0.3, -0.25) is 0 Å². The highest BCUT2D eigenvalue weighted by Gasteiger charge is 2.13. The number of rotatable bonds is 6. The maximum Gasteiger partial charge on any atom is 0.196 e. The number of hydrogen-bond donors (Lipinski definition) is 1. The Morgan fingerprint density at radius 1 is 1.24 bits per heavy atom. The predicted octanol–water partition coefficient (Wildman–Crippen LogP) is 3.52. The van der Waals surface area contributed by atoms with E-state index >= 15 is 0 Å². The van der Waals surface area contributed by atoms with E-state index in [9.17, 15) is 0 Å². The third-order valence-corrected chi connectivity index (χ3v) is 3.29. The van der Waals surface area contributed by atoms with Crippen LogP contribution < -0.4 is 5.32 Å². The number of hydrogen-bond acceptors (Lipinski definition) is 5. The van der Waals surface area contributed by atoms with Gasteiger partial charge in [0.2, 0.25) is 0 Å². The Bertz CT molecular complexity index is 752. The number of benzene rings is 1. The Hall–Kier alpha value is -2.14. The molecule has 1 aromatic carbocycles. The van der Waals surface area contributed by atoms with Crippen LogP contribution >= 0.6 is 0 Å². The van der Waals surface area contributed by atoms with Gasteiger partial charge in [0.1, 0.15) is 16.9 Å². The fraction of sp³-hybridized carbons (Fsp3) is 0.375.